The summed E-state index contributed by atoms with van der Waals surface area (Å²) in [6.45, 7) is 6.98. The lowest BCUT2D eigenvalue weighted by Crippen LogP contribution is -2.27. The zero-order chi connectivity index (χ0) is 17.8. The molecule has 0 saturated carbocycles. The van der Waals surface area contributed by atoms with Crippen molar-refractivity contribution < 1.29 is 9.53 Å². The quantitative estimate of drug-likeness (QED) is 0.750. The molecule has 2 aromatic heterocycles. The molecule has 0 saturated heterocycles. The Labute approximate surface area is 146 Å². The molecule has 0 aliphatic rings. The minimum atomic E-state index is -0.121. The lowest BCUT2D eigenvalue weighted by molar-refractivity contribution is 0.0944. The highest BCUT2D eigenvalue weighted by molar-refractivity contribution is 5.97. The number of nitrogens with zero attached hydrogens (tertiary/aromatic N) is 3. The van der Waals surface area contributed by atoms with Gasteiger partial charge < -0.3 is 10.1 Å². The van der Waals surface area contributed by atoms with Crippen LogP contribution in [0.2, 0.25) is 0 Å². The third-order valence-electron chi connectivity index (χ3n) is 3.71. The van der Waals surface area contributed by atoms with E-state index in [0.29, 0.717) is 29.6 Å². The van der Waals surface area contributed by atoms with E-state index in [4.69, 9.17) is 4.74 Å². The van der Waals surface area contributed by atoms with Gasteiger partial charge in [-0.05, 0) is 31.0 Å². The van der Waals surface area contributed by atoms with Crippen molar-refractivity contribution in [3.05, 3.63) is 59.7 Å². The Morgan fingerprint density at radius 2 is 2.20 bits per heavy atom. The van der Waals surface area contributed by atoms with E-state index >= 15 is 0 Å². The van der Waals surface area contributed by atoms with E-state index in [-0.39, 0.29) is 12.5 Å². The standard InChI is InChI=1S/C19H22N4O2/c1-13(2)10-21-18(24)16-9-14(3)5-6-17(16)25-12-15-11-23-8-4-7-20-19(23)22-15/h4-9,11,13H,10,12H2,1-3H3,(H,21,24). The average Bonchev–Trinajstić information content (AvgIpc) is 3.01. The van der Waals surface area contributed by atoms with Crippen molar-refractivity contribution in [2.24, 2.45) is 5.92 Å². The maximum Gasteiger partial charge on any atom is 0.255 e. The van der Waals surface area contributed by atoms with Crippen molar-refractivity contribution in [3.8, 4) is 5.75 Å². The monoisotopic (exact) mass is 338 g/mol. The van der Waals surface area contributed by atoms with Crippen molar-refractivity contribution in [2.45, 2.75) is 27.4 Å². The number of ether oxygens (including phenoxy) is 1. The number of fused-ring (bicyclic) bond motifs is 1. The summed E-state index contributed by atoms with van der Waals surface area (Å²) in [5, 5.41) is 2.94. The van der Waals surface area contributed by atoms with E-state index in [9.17, 15) is 4.79 Å². The molecule has 0 fully saturated rings. The van der Waals surface area contributed by atoms with E-state index in [1.165, 1.54) is 0 Å². The van der Waals surface area contributed by atoms with Crippen LogP contribution in [0.15, 0.2) is 42.9 Å². The van der Waals surface area contributed by atoms with Gasteiger partial charge in [0.15, 0.2) is 0 Å². The Morgan fingerprint density at radius 1 is 1.36 bits per heavy atom. The third-order valence-corrected chi connectivity index (χ3v) is 3.71. The number of aryl methyl sites for hydroxylation is 1. The molecule has 0 atom stereocenters. The topological polar surface area (TPSA) is 68.5 Å². The first-order chi connectivity index (χ1) is 12.0. The number of hydrogen-bond acceptors (Lipinski definition) is 4. The summed E-state index contributed by atoms with van der Waals surface area (Å²) >= 11 is 0. The summed E-state index contributed by atoms with van der Waals surface area (Å²) in [4.78, 5) is 21.0. The van der Waals surface area contributed by atoms with E-state index < -0.39 is 0 Å². The molecule has 0 unspecified atom stereocenters. The fourth-order valence-electron chi connectivity index (χ4n) is 2.44. The summed E-state index contributed by atoms with van der Waals surface area (Å²) in [5.74, 6) is 1.45. The van der Waals surface area contributed by atoms with Crippen LogP contribution in [0.3, 0.4) is 0 Å². The van der Waals surface area contributed by atoms with Gasteiger partial charge in [0.05, 0.1) is 11.3 Å². The minimum Gasteiger partial charge on any atom is -0.486 e. The first kappa shape index (κ1) is 17.0. The molecule has 6 heteroatoms. The predicted octanol–water partition coefficient (Wildman–Crippen LogP) is 3.00. The zero-order valence-electron chi connectivity index (χ0n) is 14.7. The first-order valence-electron chi connectivity index (χ1n) is 8.33. The number of carbonyl (C=O) groups is 1. The van der Waals surface area contributed by atoms with E-state index in [2.05, 4.69) is 29.1 Å². The molecule has 0 aliphatic heterocycles. The highest BCUT2D eigenvalue weighted by Crippen LogP contribution is 2.21. The van der Waals surface area contributed by atoms with Crippen molar-refractivity contribution in [1.29, 1.82) is 0 Å². The van der Waals surface area contributed by atoms with Gasteiger partial charge in [-0.15, -0.1) is 0 Å². The zero-order valence-corrected chi connectivity index (χ0v) is 14.7. The van der Waals surface area contributed by atoms with Gasteiger partial charge in [0, 0.05) is 25.1 Å². The summed E-state index contributed by atoms with van der Waals surface area (Å²) < 4.78 is 7.71. The van der Waals surface area contributed by atoms with E-state index in [1.807, 2.05) is 48.0 Å². The van der Waals surface area contributed by atoms with Crippen molar-refractivity contribution in [3.63, 3.8) is 0 Å². The Balaban J connectivity index is 1.76. The van der Waals surface area contributed by atoms with Crippen molar-refractivity contribution >= 4 is 11.7 Å². The molecule has 0 radical (unpaired) electrons. The number of carbonyl (C=O) groups excluding carboxylic acids is 1. The third kappa shape index (κ3) is 4.15. The van der Waals surface area contributed by atoms with Gasteiger partial charge >= 0.3 is 0 Å². The fourth-order valence-corrected chi connectivity index (χ4v) is 2.44. The van der Waals surface area contributed by atoms with Gasteiger partial charge in [0.2, 0.25) is 5.78 Å². The maximum atomic E-state index is 12.5. The Morgan fingerprint density at radius 3 is 2.96 bits per heavy atom. The lowest BCUT2D eigenvalue weighted by Gasteiger charge is -2.13. The molecule has 130 valence electrons. The summed E-state index contributed by atoms with van der Waals surface area (Å²) in [5.41, 5.74) is 2.31. The summed E-state index contributed by atoms with van der Waals surface area (Å²) in [7, 11) is 0. The molecule has 3 rings (SSSR count). The normalized spacial score (nSPS) is 11.0. The first-order valence-corrected chi connectivity index (χ1v) is 8.33. The average molecular weight is 338 g/mol. The molecule has 1 amide bonds. The lowest BCUT2D eigenvalue weighted by atomic mass is 10.1. The molecule has 0 bridgehead atoms. The Bertz CT molecular complexity index is 853. The number of nitrogens with one attached hydrogen (secondary N) is 1. The van der Waals surface area contributed by atoms with Crippen LogP contribution in [0, 0.1) is 12.8 Å². The summed E-state index contributed by atoms with van der Waals surface area (Å²) in [6, 6.07) is 7.44. The second-order valence-electron chi connectivity index (χ2n) is 6.45. The van der Waals surface area contributed by atoms with Gasteiger partial charge in [-0.25, -0.2) is 9.97 Å². The van der Waals surface area contributed by atoms with Gasteiger partial charge in [-0.3, -0.25) is 9.20 Å². The molecule has 2 heterocycles. The van der Waals surface area contributed by atoms with Crippen LogP contribution in [0.4, 0.5) is 0 Å². The maximum absolute atomic E-state index is 12.5. The number of benzene rings is 1. The predicted molar refractivity (Wildman–Crippen MR) is 95.7 cm³/mol. The molecule has 3 aromatic rings. The smallest absolute Gasteiger partial charge is 0.255 e. The SMILES string of the molecule is Cc1ccc(OCc2cn3cccnc3n2)c(C(=O)NCC(C)C)c1. The molecule has 0 aliphatic carbocycles. The summed E-state index contributed by atoms with van der Waals surface area (Å²) in [6.07, 6.45) is 5.45. The number of amides is 1. The van der Waals surface area contributed by atoms with Crippen LogP contribution in [-0.4, -0.2) is 26.8 Å². The van der Waals surface area contributed by atoms with Gasteiger partial charge in [0.25, 0.3) is 5.91 Å². The highest BCUT2D eigenvalue weighted by atomic mass is 16.5. The fraction of sp³-hybridized carbons (Fsp3) is 0.316. The number of rotatable bonds is 6. The highest BCUT2D eigenvalue weighted by Gasteiger charge is 2.14. The van der Waals surface area contributed by atoms with E-state index in [0.717, 1.165) is 11.3 Å². The molecule has 0 spiro atoms. The van der Waals surface area contributed by atoms with Crippen LogP contribution < -0.4 is 10.1 Å². The van der Waals surface area contributed by atoms with Crippen LogP contribution in [0.25, 0.3) is 5.78 Å². The molecule has 25 heavy (non-hydrogen) atoms. The number of imidazole rings is 1. The van der Waals surface area contributed by atoms with Crippen LogP contribution in [0.5, 0.6) is 5.75 Å². The Hall–Kier alpha value is -2.89. The van der Waals surface area contributed by atoms with Gasteiger partial charge in [0.1, 0.15) is 12.4 Å². The molecule has 1 N–H and O–H groups in total. The molecule has 6 nitrogen and oxygen atoms in total. The second-order valence-corrected chi connectivity index (χ2v) is 6.45. The Kier molecular flexibility index (Phi) is 4.97. The molecule has 1 aromatic carbocycles. The number of hydrogen-bond donors (Lipinski definition) is 1. The largest absolute Gasteiger partial charge is 0.486 e. The molecular weight excluding hydrogens is 316 g/mol. The van der Waals surface area contributed by atoms with Crippen LogP contribution in [0.1, 0.15) is 35.5 Å². The van der Waals surface area contributed by atoms with Crippen LogP contribution >= 0.6 is 0 Å². The van der Waals surface area contributed by atoms with Crippen LogP contribution in [-0.2, 0) is 6.61 Å². The van der Waals surface area contributed by atoms with E-state index in [1.54, 1.807) is 6.20 Å². The van der Waals surface area contributed by atoms with Gasteiger partial charge in [-0.1, -0.05) is 25.5 Å². The minimum absolute atomic E-state index is 0.121. The number of aromatic nitrogens is 3. The second kappa shape index (κ2) is 7.34. The van der Waals surface area contributed by atoms with Gasteiger partial charge in [-0.2, -0.15) is 0 Å². The van der Waals surface area contributed by atoms with Crippen molar-refractivity contribution in [1.82, 2.24) is 19.7 Å². The van der Waals surface area contributed by atoms with Crippen molar-refractivity contribution in [2.75, 3.05) is 6.54 Å². The molecular formula is C19H22N4O2.